The molecule has 2 atom stereocenters. The van der Waals surface area contributed by atoms with Gasteiger partial charge in [0.15, 0.2) is 0 Å². The number of benzene rings is 1. The van der Waals surface area contributed by atoms with Gasteiger partial charge in [0.25, 0.3) is 0 Å². The Morgan fingerprint density at radius 1 is 1.35 bits per heavy atom. The topological polar surface area (TPSA) is 49.8 Å². The number of carbonyl (C=O) groups is 1. The molecule has 17 heavy (non-hydrogen) atoms. The van der Waals surface area contributed by atoms with E-state index in [2.05, 4.69) is 0 Å². The van der Waals surface area contributed by atoms with Crippen LogP contribution in [-0.4, -0.2) is 30.5 Å². The van der Waals surface area contributed by atoms with Crippen LogP contribution in [0.2, 0.25) is 0 Å². The molecule has 1 amide bonds. The van der Waals surface area contributed by atoms with Gasteiger partial charge in [0.2, 0.25) is 0 Å². The van der Waals surface area contributed by atoms with Crippen molar-refractivity contribution in [1.29, 1.82) is 0 Å². The van der Waals surface area contributed by atoms with E-state index in [-0.39, 0.29) is 18.3 Å². The number of anilines is 1. The molecule has 0 bridgehead atoms. The molecule has 0 unspecified atom stereocenters. The number of para-hydroxylation sites is 1. The highest BCUT2D eigenvalue weighted by molar-refractivity contribution is 5.86. The van der Waals surface area contributed by atoms with Gasteiger partial charge in [0.05, 0.1) is 6.10 Å². The number of carbonyl (C=O) groups excluding carboxylic acids is 1. The molecule has 0 radical (unpaired) electrons. The second-order valence-corrected chi connectivity index (χ2v) is 4.37. The highest BCUT2D eigenvalue weighted by Gasteiger charge is 2.27. The van der Waals surface area contributed by atoms with Crippen molar-refractivity contribution < 1.29 is 14.6 Å². The van der Waals surface area contributed by atoms with Gasteiger partial charge < -0.3 is 9.84 Å². The zero-order chi connectivity index (χ0) is 12.3. The molecule has 0 aromatic heterocycles. The first-order valence-corrected chi connectivity index (χ1v) is 5.84. The highest BCUT2D eigenvalue weighted by atomic mass is 16.6. The molecule has 0 aliphatic heterocycles. The van der Waals surface area contributed by atoms with Gasteiger partial charge in [-0.25, -0.2) is 4.79 Å². The van der Waals surface area contributed by atoms with Crippen molar-refractivity contribution >= 4 is 11.8 Å². The van der Waals surface area contributed by atoms with Gasteiger partial charge in [-0.3, -0.25) is 4.90 Å². The quantitative estimate of drug-likeness (QED) is 0.854. The number of aliphatic hydroxyl groups is 1. The summed E-state index contributed by atoms with van der Waals surface area (Å²) >= 11 is 0. The molecule has 0 heterocycles. The number of amides is 1. The number of nitrogens with zero attached hydrogens (tertiary/aromatic N) is 1. The third-order valence-corrected chi connectivity index (χ3v) is 3.04. The third-order valence-electron chi connectivity index (χ3n) is 3.04. The molecule has 1 saturated carbocycles. The average molecular weight is 235 g/mol. The summed E-state index contributed by atoms with van der Waals surface area (Å²) in [5, 5.41) is 9.36. The largest absolute Gasteiger partial charge is 0.446 e. The van der Waals surface area contributed by atoms with E-state index in [0.29, 0.717) is 12.8 Å². The Balaban J connectivity index is 1.92. The van der Waals surface area contributed by atoms with Crippen LogP contribution in [0.3, 0.4) is 0 Å². The minimum absolute atomic E-state index is 0.149. The summed E-state index contributed by atoms with van der Waals surface area (Å²) < 4.78 is 5.32. The van der Waals surface area contributed by atoms with Crippen LogP contribution in [0.5, 0.6) is 0 Å². The zero-order valence-corrected chi connectivity index (χ0v) is 9.87. The van der Waals surface area contributed by atoms with E-state index in [1.807, 2.05) is 30.3 Å². The minimum Gasteiger partial charge on any atom is -0.446 e. The maximum absolute atomic E-state index is 11.8. The van der Waals surface area contributed by atoms with E-state index in [1.165, 1.54) is 4.90 Å². The Labute approximate surface area is 101 Å². The fourth-order valence-corrected chi connectivity index (χ4v) is 2.00. The Morgan fingerprint density at radius 2 is 2.06 bits per heavy atom. The van der Waals surface area contributed by atoms with Crippen LogP contribution < -0.4 is 4.90 Å². The monoisotopic (exact) mass is 235 g/mol. The molecule has 1 aliphatic rings. The molecular formula is C13H17NO3. The summed E-state index contributed by atoms with van der Waals surface area (Å²) in [5.41, 5.74) is 0.802. The van der Waals surface area contributed by atoms with Gasteiger partial charge >= 0.3 is 6.09 Å². The molecule has 92 valence electrons. The third kappa shape index (κ3) is 2.97. The van der Waals surface area contributed by atoms with Gasteiger partial charge in [0, 0.05) is 19.2 Å². The van der Waals surface area contributed by atoms with E-state index in [9.17, 15) is 9.90 Å². The van der Waals surface area contributed by atoms with Crippen molar-refractivity contribution in [2.75, 3.05) is 11.9 Å². The molecule has 0 spiro atoms. The first-order valence-electron chi connectivity index (χ1n) is 5.84. The van der Waals surface area contributed by atoms with Crippen LogP contribution >= 0.6 is 0 Å². The van der Waals surface area contributed by atoms with Crippen molar-refractivity contribution in [3.63, 3.8) is 0 Å². The van der Waals surface area contributed by atoms with Crippen LogP contribution in [-0.2, 0) is 4.74 Å². The zero-order valence-electron chi connectivity index (χ0n) is 9.87. The first kappa shape index (κ1) is 11.9. The van der Waals surface area contributed by atoms with E-state index in [1.54, 1.807) is 7.05 Å². The van der Waals surface area contributed by atoms with Crippen LogP contribution in [0.4, 0.5) is 10.5 Å². The standard InChI is InChI=1S/C13H17NO3/c1-14(10-5-3-2-4-6-10)13(16)17-12-8-7-11(15)9-12/h2-6,11-12,15H,7-9H2,1H3/t11-,12-/m0/s1. The SMILES string of the molecule is CN(C(=O)O[C@H]1CC[C@H](O)C1)c1ccccc1. The van der Waals surface area contributed by atoms with E-state index < -0.39 is 0 Å². The summed E-state index contributed by atoms with van der Waals surface area (Å²) in [6.07, 6.45) is 1.17. The summed E-state index contributed by atoms with van der Waals surface area (Å²) in [7, 11) is 1.68. The van der Waals surface area contributed by atoms with E-state index >= 15 is 0 Å². The summed E-state index contributed by atoms with van der Waals surface area (Å²) in [6, 6.07) is 9.35. The van der Waals surface area contributed by atoms with Crippen molar-refractivity contribution in [2.24, 2.45) is 0 Å². The molecule has 1 aromatic carbocycles. The number of hydrogen-bond acceptors (Lipinski definition) is 3. The molecule has 2 rings (SSSR count). The molecule has 1 N–H and O–H groups in total. The van der Waals surface area contributed by atoms with Crippen LogP contribution in [0, 0.1) is 0 Å². The smallest absolute Gasteiger partial charge is 0.414 e. The van der Waals surface area contributed by atoms with Crippen molar-refractivity contribution in [1.82, 2.24) is 0 Å². The molecule has 1 aliphatic carbocycles. The second kappa shape index (κ2) is 5.19. The lowest BCUT2D eigenvalue weighted by molar-refractivity contribution is 0.0954. The lowest BCUT2D eigenvalue weighted by Gasteiger charge is -2.19. The van der Waals surface area contributed by atoms with Gasteiger partial charge in [0.1, 0.15) is 6.10 Å². The number of rotatable bonds is 2. The Morgan fingerprint density at radius 3 is 2.65 bits per heavy atom. The Kier molecular flexibility index (Phi) is 3.64. The van der Waals surface area contributed by atoms with Crippen LogP contribution in [0.15, 0.2) is 30.3 Å². The van der Waals surface area contributed by atoms with Gasteiger partial charge in [-0.15, -0.1) is 0 Å². The molecular weight excluding hydrogens is 218 g/mol. The van der Waals surface area contributed by atoms with Crippen LogP contribution in [0.1, 0.15) is 19.3 Å². The molecule has 0 saturated heterocycles. The maximum atomic E-state index is 11.8. The normalized spacial score (nSPS) is 23.4. The minimum atomic E-state index is -0.365. The van der Waals surface area contributed by atoms with Gasteiger partial charge in [-0.1, -0.05) is 18.2 Å². The second-order valence-electron chi connectivity index (χ2n) is 4.37. The van der Waals surface area contributed by atoms with Gasteiger partial charge in [-0.05, 0) is 25.0 Å². The summed E-state index contributed by atoms with van der Waals surface area (Å²) in [4.78, 5) is 13.3. The van der Waals surface area contributed by atoms with E-state index in [0.717, 1.165) is 12.1 Å². The lowest BCUT2D eigenvalue weighted by Crippen LogP contribution is -2.30. The van der Waals surface area contributed by atoms with E-state index in [4.69, 9.17) is 4.74 Å². The Hall–Kier alpha value is -1.55. The first-order chi connectivity index (χ1) is 8.16. The lowest BCUT2D eigenvalue weighted by atomic mass is 10.3. The number of hydrogen-bond donors (Lipinski definition) is 1. The fourth-order valence-electron chi connectivity index (χ4n) is 2.00. The van der Waals surface area contributed by atoms with Gasteiger partial charge in [-0.2, -0.15) is 0 Å². The summed E-state index contributed by atoms with van der Waals surface area (Å²) in [5.74, 6) is 0. The molecule has 4 nitrogen and oxygen atoms in total. The predicted octanol–water partition coefficient (Wildman–Crippen LogP) is 2.17. The number of ether oxygens (including phenoxy) is 1. The predicted molar refractivity (Wildman–Crippen MR) is 65.0 cm³/mol. The Bertz CT molecular complexity index is 380. The average Bonchev–Trinajstić information content (AvgIpc) is 2.75. The molecule has 1 fully saturated rings. The number of aliphatic hydroxyl groups excluding tert-OH is 1. The van der Waals surface area contributed by atoms with Crippen molar-refractivity contribution in [2.45, 2.75) is 31.5 Å². The fraction of sp³-hybridized carbons (Fsp3) is 0.462. The maximum Gasteiger partial charge on any atom is 0.414 e. The molecule has 4 heteroatoms. The van der Waals surface area contributed by atoms with Crippen molar-refractivity contribution in [3.05, 3.63) is 30.3 Å². The van der Waals surface area contributed by atoms with Crippen LogP contribution in [0.25, 0.3) is 0 Å². The highest BCUT2D eigenvalue weighted by Crippen LogP contribution is 2.23. The van der Waals surface area contributed by atoms with Crippen molar-refractivity contribution in [3.8, 4) is 0 Å². The molecule has 1 aromatic rings. The summed E-state index contributed by atoms with van der Waals surface area (Å²) in [6.45, 7) is 0.